The third-order valence-corrected chi connectivity index (χ3v) is 11.5. The molecule has 3 aromatic rings. The van der Waals surface area contributed by atoms with Crippen LogP contribution in [0.2, 0.25) is 5.02 Å². The first kappa shape index (κ1) is 34.0. The maximum absolute atomic E-state index is 15.4. The smallest absolute Gasteiger partial charge is 0.407 e. The number of ether oxygens (including phenoxy) is 1. The molecule has 5 rings (SSSR count). The lowest BCUT2D eigenvalue weighted by Crippen LogP contribution is -2.59. The third-order valence-electron chi connectivity index (χ3n) is 8.72. The van der Waals surface area contributed by atoms with Gasteiger partial charge in [0.05, 0.1) is 12.4 Å². The van der Waals surface area contributed by atoms with Crippen LogP contribution in [0.25, 0.3) is 0 Å². The molecule has 246 valence electrons. The summed E-state index contributed by atoms with van der Waals surface area (Å²) in [6, 6.07) is 15.1. The van der Waals surface area contributed by atoms with E-state index in [9.17, 15) is 22.4 Å². The molecule has 0 aromatic heterocycles. The van der Waals surface area contributed by atoms with Crippen LogP contribution in [0.1, 0.15) is 54.4 Å². The van der Waals surface area contributed by atoms with Gasteiger partial charge in [0.15, 0.2) is 5.78 Å². The maximum Gasteiger partial charge on any atom is 0.407 e. The highest BCUT2D eigenvalue weighted by molar-refractivity contribution is 7.90. The molecule has 1 saturated carbocycles. The average Bonchev–Trinajstić information content (AvgIpc) is 3.87. The van der Waals surface area contributed by atoms with Crippen molar-refractivity contribution in [2.24, 2.45) is 0 Å². The summed E-state index contributed by atoms with van der Waals surface area (Å²) in [5.41, 5.74) is 1.70. The van der Waals surface area contributed by atoms with Crippen LogP contribution in [0, 0.1) is 11.6 Å². The van der Waals surface area contributed by atoms with Crippen LogP contribution in [0.4, 0.5) is 13.6 Å². The molecule has 4 atom stereocenters. The van der Waals surface area contributed by atoms with Gasteiger partial charge in [-0.05, 0) is 85.2 Å². The predicted octanol–water partition coefficient (Wildman–Crippen LogP) is 5.37. The third kappa shape index (κ3) is 7.76. The van der Waals surface area contributed by atoms with E-state index in [1.807, 2.05) is 6.92 Å². The van der Waals surface area contributed by atoms with Crippen molar-refractivity contribution < 1.29 is 31.5 Å². The van der Waals surface area contributed by atoms with Gasteiger partial charge < -0.3 is 15.4 Å². The number of halogens is 3. The summed E-state index contributed by atoms with van der Waals surface area (Å²) in [5.74, 6) is -2.34. The summed E-state index contributed by atoms with van der Waals surface area (Å²) in [7, 11) is -2.29. The van der Waals surface area contributed by atoms with Gasteiger partial charge in [-0.15, -0.1) is 0 Å². The average molecular weight is 674 g/mol. The number of nitrogens with one attached hydrogen (secondary N) is 2. The van der Waals surface area contributed by atoms with Crippen molar-refractivity contribution in [3.8, 4) is 0 Å². The normalized spacial score (nSPS) is 20.1. The highest BCUT2D eigenvalue weighted by atomic mass is 35.5. The highest BCUT2D eigenvalue weighted by Crippen LogP contribution is 2.35. The Kier molecular flexibility index (Phi) is 10.8. The van der Waals surface area contributed by atoms with Gasteiger partial charge in [0.2, 0.25) is 10.0 Å². The molecule has 2 fully saturated rings. The highest BCUT2D eigenvalue weighted by Gasteiger charge is 2.45. The quantitative estimate of drug-likeness (QED) is 0.268. The van der Waals surface area contributed by atoms with Crippen LogP contribution in [-0.4, -0.2) is 68.2 Å². The fourth-order valence-electron chi connectivity index (χ4n) is 6.40. The van der Waals surface area contributed by atoms with Gasteiger partial charge in [-0.25, -0.2) is 22.0 Å². The molecule has 46 heavy (non-hydrogen) atoms. The Bertz CT molecular complexity index is 1640. The Labute approximate surface area is 273 Å². The summed E-state index contributed by atoms with van der Waals surface area (Å²) in [5, 5.41) is 5.95. The number of amides is 1. The first-order valence-corrected chi connectivity index (χ1v) is 17.2. The topological polar surface area (TPSA) is 105 Å². The van der Waals surface area contributed by atoms with Crippen LogP contribution in [0.5, 0.6) is 0 Å². The van der Waals surface area contributed by atoms with E-state index >= 15 is 4.39 Å². The molecule has 1 aliphatic carbocycles. The van der Waals surface area contributed by atoms with E-state index in [0.29, 0.717) is 59.6 Å². The van der Waals surface area contributed by atoms with Gasteiger partial charge in [-0.1, -0.05) is 48.0 Å². The summed E-state index contributed by atoms with van der Waals surface area (Å²) >= 11 is 6.30. The lowest BCUT2D eigenvalue weighted by molar-refractivity contribution is -0.120. The van der Waals surface area contributed by atoms with Crippen molar-refractivity contribution in [2.75, 3.05) is 20.2 Å². The second kappa shape index (κ2) is 14.6. The van der Waals surface area contributed by atoms with Crippen LogP contribution in [-0.2, 0) is 32.4 Å². The van der Waals surface area contributed by atoms with E-state index in [2.05, 4.69) is 10.6 Å². The fourth-order valence-corrected chi connectivity index (χ4v) is 8.84. The first-order valence-electron chi connectivity index (χ1n) is 15.4. The molecule has 0 spiro atoms. The Hall–Kier alpha value is -3.38. The van der Waals surface area contributed by atoms with Crippen LogP contribution >= 0.6 is 11.6 Å². The maximum atomic E-state index is 15.4. The van der Waals surface area contributed by atoms with Crippen molar-refractivity contribution in [3.63, 3.8) is 0 Å². The predicted molar refractivity (Wildman–Crippen MR) is 172 cm³/mol. The molecule has 0 bridgehead atoms. The number of methoxy groups -OCH3 is 1. The minimum Gasteiger partial charge on any atom is -0.453 e. The fraction of sp³-hybridized carbons (Fsp3) is 0.412. The van der Waals surface area contributed by atoms with E-state index < -0.39 is 45.5 Å². The number of carbonyl (C=O) groups excluding carboxylic acids is 2. The number of sulfonamides is 1. The molecule has 3 aromatic carbocycles. The number of rotatable bonds is 12. The van der Waals surface area contributed by atoms with Gasteiger partial charge in [0.25, 0.3) is 0 Å². The van der Waals surface area contributed by atoms with Gasteiger partial charge in [-0.3, -0.25) is 4.79 Å². The van der Waals surface area contributed by atoms with E-state index in [0.717, 1.165) is 0 Å². The minimum atomic E-state index is -3.47. The standard InChI is InChI=1S/C34H38ClF2N3O5S/c1-21-19-38-20-27(40(21)46(43,44)28-13-14-28)12-15-29-22(6-5-11-30(29)37)18-31(41)33(39-34(42)45-2)32(23-7-3-9-25(35)16-23)24-8-4-10-26(36)17-24/h3-11,16-17,21,27-28,32-33,38H,12-15,18-20H2,1-2H3,(H,39,42)/t21-,27-,32-,33+/m0/s1. The zero-order chi connectivity index (χ0) is 33.0. The van der Waals surface area contributed by atoms with Crippen molar-refractivity contribution in [2.45, 2.75) is 68.3 Å². The Balaban J connectivity index is 1.45. The second-order valence-electron chi connectivity index (χ2n) is 12.0. The van der Waals surface area contributed by atoms with E-state index in [4.69, 9.17) is 16.3 Å². The summed E-state index contributed by atoms with van der Waals surface area (Å²) in [6.45, 7) is 2.85. The number of benzene rings is 3. The molecule has 1 saturated heterocycles. The molecule has 12 heteroatoms. The van der Waals surface area contributed by atoms with Gasteiger partial charge in [0.1, 0.15) is 17.7 Å². The number of piperazine rings is 1. The first-order chi connectivity index (χ1) is 22.0. The zero-order valence-electron chi connectivity index (χ0n) is 25.7. The summed E-state index contributed by atoms with van der Waals surface area (Å²) < 4.78 is 62.9. The van der Waals surface area contributed by atoms with Gasteiger partial charge in [-0.2, -0.15) is 4.31 Å². The number of hydrogen-bond donors (Lipinski definition) is 2. The van der Waals surface area contributed by atoms with Crippen molar-refractivity contribution >= 4 is 33.5 Å². The monoisotopic (exact) mass is 673 g/mol. The van der Waals surface area contributed by atoms with E-state index in [1.54, 1.807) is 40.7 Å². The molecule has 8 nitrogen and oxygen atoms in total. The molecule has 2 N–H and O–H groups in total. The number of ketones is 1. The van der Waals surface area contributed by atoms with Crippen LogP contribution in [0.15, 0.2) is 66.7 Å². The molecule has 0 radical (unpaired) electrons. The lowest BCUT2D eigenvalue weighted by atomic mass is 9.81. The van der Waals surface area contributed by atoms with E-state index in [-0.39, 0.29) is 30.2 Å². The van der Waals surface area contributed by atoms with Gasteiger partial charge >= 0.3 is 6.09 Å². The molecule has 0 unspecified atom stereocenters. The second-order valence-corrected chi connectivity index (χ2v) is 14.6. The Morgan fingerprint density at radius 3 is 2.41 bits per heavy atom. The largest absolute Gasteiger partial charge is 0.453 e. The molecule has 1 aliphatic heterocycles. The zero-order valence-corrected chi connectivity index (χ0v) is 27.3. The Morgan fingerprint density at radius 1 is 1.04 bits per heavy atom. The van der Waals surface area contributed by atoms with E-state index in [1.165, 1.54) is 37.4 Å². The van der Waals surface area contributed by atoms with Crippen molar-refractivity contribution in [1.82, 2.24) is 14.9 Å². The molecule has 2 aliphatic rings. The molecule has 1 heterocycles. The molecular weight excluding hydrogens is 636 g/mol. The van der Waals surface area contributed by atoms with Crippen LogP contribution in [0.3, 0.4) is 0 Å². The number of nitrogens with zero attached hydrogens (tertiary/aromatic N) is 1. The molecule has 1 amide bonds. The Morgan fingerprint density at radius 2 is 1.74 bits per heavy atom. The number of Topliss-reactive ketones (excluding diaryl/α,β-unsaturated/α-hetero) is 1. The SMILES string of the molecule is COC(=O)N[C@H](C(=O)Cc1cccc(F)c1CC[C@H]1CNC[C@H](C)N1S(=O)(=O)C1CC1)[C@H](c1cccc(F)c1)c1cccc(Cl)c1. The number of carbonyl (C=O) groups is 2. The molecular formula is C34H38ClF2N3O5S. The van der Waals surface area contributed by atoms with Crippen LogP contribution < -0.4 is 10.6 Å². The van der Waals surface area contributed by atoms with Crippen molar-refractivity contribution in [3.05, 3.63) is 106 Å². The lowest BCUT2D eigenvalue weighted by Gasteiger charge is -2.40. The minimum absolute atomic E-state index is 0.196. The summed E-state index contributed by atoms with van der Waals surface area (Å²) in [4.78, 5) is 26.7. The summed E-state index contributed by atoms with van der Waals surface area (Å²) in [6.07, 6.45) is 0.732. The van der Waals surface area contributed by atoms with Gasteiger partial charge in [0, 0.05) is 42.5 Å². The number of alkyl carbamates (subject to hydrolysis) is 1. The number of hydrogen-bond acceptors (Lipinski definition) is 6. The van der Waals surface area contributed by atoms with Crippen molar-refractivity contribution in [1.29, 1.82) is 0 Å².